The molecule has 1 atom stereocenters. The lowest BCUT2D eigenvalue weighted by atomic mass is 10.1. The van der Waals surface area contributed by atoms with E-state index in [4.69, 9.17) is 33.7 Å². The first kappa shape index (κ1) is 13.1. The molecule has 4 nitrogen and oxygen atoms in total. The normalized spacial score (nSPS) is 12.2. The molecule has 6 heteroatoms. The lowest BCUT2D eigenvalue weighted by Gasteiger charge is -2.13. The molecule has 2 rings (SSSR count). The first-order valence-corrected chi connectivity index (χ1v) is 5.93. The molecule has 0 aliphatic carbocycles. The monoisotopic (exact) mass is 283 g/mol. The number of rotatable bonds is 3. The van der Waals surface area contributed by atoms with Crippen molar-refractivity contribution >= 4 is 23.2 Å². The second-order valence-corrected chi connectivity index (χ2v) is 4.50. The van der Waals surface area contributed by atoms with Crippen LogP contribution >= 0.6 is 23.2 Å². The fraction of sp³-hybridized carbons (Fsp3) is 0.167. The third kappa shape index (κ3) is 2.72. The number of hydrogen-bond donors (Lipinski definition) is 1. The Hall–Kier alpha value is -1.36. The van der Waals surface area contributed by atoms with Crippen molar-refractivity contribution in [3.8, 4) is 5.75 Å². The van der Waals surface area contributed by atoms with E-state index in [9.17, 15) is 0 Å². The zero-order chi connectivity index (χ0) is 13.1. The van der Waals surface area contributed by atoms with Crippen molar-refractivity contribution in [1.82, 2.24) is 9.97 Å². The zero-order valence-corrected chi connectivity index (χ0v) is 11.1. The van der Waals surface area contributed by atoms with E-state index < -0.39 is 6.04 Å². The standard InChI is InChI=1S/C12H11Cl2N3O/c1-18-9-2-7(4-16-6-9)11(15)12-10(14)3-8(13)5-17-12/h2-6,11H,15H2,1H3. The van der Waals surface area contributed by atoms with Crippen LogP contribution in [-0.2, 0) is 0 Å². The van der Waals surface area contributed by atoms with Gasteiger partial charge in [-0.25, -0.2) is 0 Å². The van der Waals surface area contributed by atoms with Gasteiger partial charge in [-0.3, -0.25) is 9.97 Å². The van der Waals surface area contributed by atoms with Gasteiger partial charge >= 0.3 is 0 Å². The molecule has 2 aromatic rings. The van der Waals surface area contributed by atoms with Crippen molar-refractivity contribution in [3.63, 3.8) is 0 Å². The molecule has 18 heavy (non-hydrogen) atoms. The van der Waals surface area contributed by atoms with E-state index in [1.807, 2.05) is 0 Å². The highest BCUT2D eigenvalue weighted by Crippen LogP contribution is 2.27. The van der Waals surface area contributed by atoms with E-state index in [0.29, 0.717) is 21.5 Å². The fourth-order valence-electron chi connectivity index (χ4n) is 1.53. The molecule has 2 heterocycles. The van der Waals surface area contributed by atoms with Crippen LogP contribution in [0.3, 0.4) is 0 Å². The molecule has 2 N–H and O–H groups in total. The van der Waals surface area contributed by atoms with Gasteiger partial charge in [0, 0.05) is 12.4 Å². The molecule has 2 aromatic heterocycles. The molecular weight excluding hydrogens is 273 g/mol. The number of methoxy groups -OCH3 is 1. The molecular formula is C12H11Cl2N3O. The fourth-order valence-corrected chi connectivity index (χ4v) is 2.03. The summed E-state index contributed by atoms with van der Waals surface area (Å²) in [4.78, 5) is 8.20. The Morgan fingerprint density at radius 3 is 2.67 bits per heavy atom. The van der Waals surface area contributed by atoms with Gasteiger partial charge in [-0.15, -0.1) is 0 Å². The van der Waals surface area contributed by atoms with Crippen molar-refractivity contribution in [3.05, 3.63) is 52.0 Å². The molecule has 94 valence electrons. The summed E-state index contributed by atoms with van der Waals surface area (Å²) in [5.74, 6) is 0.632. The van der Waals surface area contributed by atoms with Crippen LogP contribution in [0, 0.1) is 0 Å². The van der Waals surface area contributed by atoms with Gasteiger partial charge in [-0.2, -0.15) is 0 Å². The molecule has 0 spiro atoms. The lowest BCUT2D eigenvalue weighted by Crippen LogP contribution is -2.14. The minimum Gasteiger partial charge on any atom is -0.495 e. The molecule has 0 aliphatic heterocycles. The summed E-state index contributed by atoms with van der Waals surface area (Å²) in [5.41, 5.74) is 7.43. The second-order valence-electron chi connectivity index (χ2n) is 3.66. The van der Waals surface area contributed by atoms with Crippen LogP contribution in [0.2, 0.25) is 10.0 Å². The topological polar surface area (TPSA) is 61.0 Å². The summed E-state index contributed by atoms with van der Waals surface area (Å²) in [5, 5.41) is 0.900. The third-order valence-electron chi connectivity index (χ3n) is 2.46. The highest BCUT2D eigenvalue weighted by atomic mass is 35.5. The van der Waals surface area contributed by atoms with Crippen molar-refractivity contribution in [2.75, 3.05) is 7.11 Å². The average molecular weight is 284 g/mol. The number of ether oxygens (including phenoxy) is 1. The van der Waals surface area contributed by atoms with Crippen LogP contribution in [0.4, 0.5) is 0 Å². The number of halogens is 2. The van der Waals surface area contributed by atoms with Gasteiger partial charge < -0.3 is 10.5 Å². The number of pyridine rings is 2. The smallest absolute Gasteiger partial charge is 0.137 e. The van der Waals surface area contributed by atoms with Gasteiger partial charge in [0.05, 0.1) is 35.1 Å². The Kier molecular flexibility index (Phi) is 4.01. The summed E-state index contributed by atoms with van der Waals surface area (Å²) in [6.07, 6.45) is 4.77. The summed E-state index contributed by atoms with van der Waals surface area (Å²) < 4.78 is 5.10. The van der Waals surface area contributed by atoms with E-state index in [-0.39, 0.29) is 0 Å². The largest absolute Gasteiger partial charge is 0.495 e. The van der Waals surface area contributed by atoms with Crippen LogP contribution in [0.5, 0.6) is 5.75 Å². The summed E-state index contributed by atoms with van der Waals surface area (Å²) >= 11 is 11.9. The Labute approximate surface area is 115 Å². The van der Waals surface area contributed by atoms with E-state index in [0.717, 1.165) is 5.56 Å². The van der Waals surface area contributed by atoms with Crippen LogP contribution in [0.15, 0.2) is 30.7 Å². The molecule has 0 aliphatic rings. The van der Waals surface area contributed by atoms with Crippen LogP contribution in [-0.4, -0.2) is 17.1 Å². The lowest BCUT2D eigenvalue weighted by molar-refractivity contribution is 0.412. The Bertz CT molecular complexity index is 563. The number of hydrogen-bond acceptors (Lipinski definition) is 4. The Morgan fingerprint density at radius 2 is 2.00 bits per heavy atom. The highest BCUT2D eigenvalue weighted by Gasteiger charge is 2.15. The third-order valence-corrected chi connectivity index (χ3v) is 2.97. The molecule has 0 saturated carbocycles. The maximum absolute atomic E-state index is 6.11. The zero-order valence-electron chi connectivity index (χ0n) is 9.60. The van der Waals surface area contributed by atoms with E-state index in [2.05, 4.69) is 9.97 Å². The number of aromatic nitrogens is 2. The quantitative estimate of drug-likeness (QED) is 0.941. The van der Waals surface area contributed by atoms with E-state index >= 15 is 0 Å². The molecule has 0 fully saturated rings. The maximum atomic E-state index is 6.11. The van der Waals surface area contributed by atoms with Crippen LogP contribution < -0.4 is 10.5 Å². The first-order valence-electron chi connectivity index (χ1n) is 5.17. The Balaban J connectivity index is 2.37. The minimum atomic E-state index is -0.475. The summed E-state index contributed by atoms with van der Waals surface area (Å²) in [7, 11) is 1.57. The van der Waals surface area contributed by atoms with Gasteiger partial charge in [0.25, 0.3) is 0 Å². The van der Waals surface area contributed by atoms with Crippen molar-refractivity contribution in [2.45, 2.75) is 6.04 Å². The number of nitrogens with zero attached hydrogens (tertiary/aromatic N) is 2. The van der Waals surface area contributed by atoms with Crippen molar-refractivity contribution in [2.24, 2.45) is 5.73 Å². The van der Waals surface area contributed by atoms with Gasteiger partial charge in [0.2, 0.25) is 0 Å². The predicted molar refractivity (Wildman–Crippen MR) is 71.1 cm³/mol. The Morgan fingerprint density at radius 1 is 1.22 bits per heavy atom. The highest BCUT2D eigenvalue weighted by molar-refractivity contribution is 6.34. The molecule has 0 amide bonds. The second kappa shape index (κ2) is 5.52. The van der Waals surface area contributed by atoms with E-state index in [1.54, 1.807) is 31.6 Å². The summed E-state index contributed by atoms with van der Waals surface area (Å²) in [6, 6.07) is 2.93. The van der Waals surface area contributed by atoms with Gasteiger partial charge in [-0.05, 0) is 17.7 Å². The molecule has 0 bridgehead atoms. The molecule has 0 aromatic carbocycles. The van der Waals surface area contributed by atoms with Crippen LogP contribution in [0.1, 0.15) is 17.3 Å². The van der Waals surface area contributed by atoms with Gasteiger partial charge in [0.15, 0.2) is 0 Å². The maximum Gasteiger partial charge on any atom is 0.137 e. The van der Waals surface area contributed by atoms with Gasteiger partial charge in [-0.1, -0.05) is 23.2 Å². The summed E-state index contributed by atoms with van der Waals surface area (Å²) in [6.45, 7) is 0. The van der Waals surface area contributed by atoms with Crippen molar-refractivity contribution < 1.29 is 4.74 Å². The minimum absolute atomic E-state index is 0.429. The predicted octanol–water partition coefficient (Wildman–Crippen LogP) is 2.84. The first-order chi connectivity index (χ1) is 8.61. The molecule has 0 radical (unpaired) electrons. The average Bonchev–Trinajstić information content (AvgIpc) is 2.38. The molecule has 0 saturated heterocycles. The van der Waals surface area contributed by atoms with Crippen molar-refractivity contribution in [1.29, 1.82) is 0 Å². The molecule has 1 unspecified atom stereocenters. The van der Waals surface area contributed by atoms with E-state index in [1.165, 1.54) is 6.20 Å². The number of nitrogens with two attached hydrogens (primary N) is 1. The van der Waals surface area contributed by atoms with Gasteiger partial charge in [0.1, 0.15) is 5.75 Å². The SMILES string of the molecule is COc1cncc(C(N)c2ncc(Cl)cc2Cl)c1. The van der Waals surface area contributed by atoms with Crippen LogP contribution in [0.25, 0.3) is 0 Å².